The number of hydrogen-bond acceptors (Lipinski definition) is 5. The molecule has 2 atom stereocenters. The number of nitrogens with two attached hydrogens (primary N) is 1. The maximum atomic E-state index is 13.4. The van der Waals surface area contributed by atoms with Crippen LogP contribution in [0.25, 0.3) is 5.69 Å². The summed E-state index contributed by atoms with van der Waals surface area (Å²) < 4.78 is 0. The number of carbonyl (C=O) groups is 1. The number of benzene rings is 1. The third kappa shape index (κ3) is 2.41. The van der Waals surface area contributed by atoms with Gasteiger partial charge in [0.05, 0.1) is 35.3 Å². The molecule has 7 heteroatoms. The zero-order chi connectivity index (χ0) is 17.6. The molecule has 2 aromatic rings. The van der Waals surface area contributed by atoms with Crippen molar-refractivity contribution >= 4 is 5.91 Å². The molecule has 2 aliphatic heterocycles. The average Bonchev–Trinajstić information content (AvgIpc) is 3.13. The Morgan fingerprint density at radius 1 is 1.36 bits per heavy atom. The van der Waals surface area contributed by atoms with Crippen LogP contribution in [0.4, 0.5) is 0 Å². The lowest BCUT2D eigenvalue weighted by Crippen LogP contribution is -2.64. The van der Waals surface area contributed by atoms with Crippen LogP contribution in [0.1, 0.15) is 35.7 Å². The summed E-state index contributed by atoms with van der Waals surface area (Å²) >= 11 is 0. The van der Waals surface area contributed by atoms with Crippen molar-refractivity contribution in [2.75, 3.05) is 6.54 Å². The van der Waals surface area contributed by atoms with Crippen molar-refractivity contribution < 1.29 is 4.79 Å². The van der Waals surface area contributed by atoms with Gasteiger partial charge in [-0.05, 0) is 42.9 Å². The lowest BCUT2D eigenvalue weighted by molar-refractivity contribution is -0.0514. The molecular formula is C18H20N6O. The normalized spacial score (nSPS) is 27.5. The number of nitriles is 1. The van der Waals surface area contributed by atoms with E-state index in [1.54, 1.807) is 30.6 Å². The Morgan fingerprint density at radius 2 is 2.08 bits per heavy atom. The Bertz CT molecular complexity index is 834. The van der Waals surface area contributed by atoms with Gasteiger partial charge in [0.25, 0.3) is 5.91 Å². The van der Waals surface area contributed by atoms with Crippen LogP contribution in [-0.2, 0) is 0 Å². The monoisotopic (exact) mass is 336 g/mol. The Balaban J connectivity index is 1.78. The van der Waals surface area contributed by atoms with Gasteiger partial charge in [0, 0.05) is 18.6 Å². The Kier molecular flexibility index (Phi) is 3.77. The van der Waals surface area contributed by atoms with Gasteiger partial charge in [0.2, 0.25) is 0 Å². The summed E-state index contributed by atoms with van der Waals surface area (Å²) in [6.07, 6.45) is 5.21. The van der Waals surface area contributed by atoms with Crippen molar-refractivity contribution in [2.45, 2.75) is 31.8 Å². The van der Waals surface area contributed by atoms with Gasteiger partial charge in [0.1, 0.15) is 0 Å². The van der Waals surface area contributed by atoms with E-state index in [0.29, 0.717) is 35.2 Å². The van der Waals surface area contributed by atoms with E-state index in [9.17, 15) is 10.1 Å². The molecule has 7 nitrogen and oxygen atoms in total. The summed E-state index contributed by atoms with van der Waals surface area (Å²) in [5.74, 6) is 0.972. The Morgan fingerprint density at radius 3 is 2.72 bits per heavy atom. The first-order chi connectivity index (χ1) is 12.1. The summed E-state index contributed by atoms with van der Waals surface area (Å²) in [7, 11) is 0. The quantitative estimate of drug-likeness (QED) is 0.911. The zero-order valence-electron chi connectivity index (χ0n) is 14.0. The van der Waals surface area contributed by atoms with Gasteiger partial charge < -0.3 is 10.6 Å². The third-order valence-corrected chi connectivity index (χ3v) is 5.72. The number of carbonyl (C=O) groups excluding carboxylic acids is 1. The largest absolute Gasteiger partial charge is 0.331 e. The van der Waals surface area contributed by atoms with Gasteiger partial charge in [0.15, 0.2) is 0 Å². The molecule has 1 aliphatic carbocycles. The van der Waals surface area contributed by atoms with Crippen LogP contribution in [0, 0.1) is 23.2 Å². The lowest BCUT2D eigenvalue weighted by atomic mass is 9.64. The van der Waals surface area contributed by atoms with E-state index in [2.05, 4.69) is 23.2 Å². The van der Waals surface area contributed by atoms with Gasteiger partial charge in [-0.3, -0.25) is 4.79 Å². The molecule has 0 radical (unpaired) electrons. The number of hydrogen-bond donors (Lipinski definition) is 1. The highest BCUT2D eigenvalue weighted by atomic mass is 16.2. The van der Waals surface area contributed by atoms with E-state index in [4.69, 9.17) is 5.73 Å². The third-order valence-electron chi connectivity index (χ3n) is 5.72. The number of rotatable bonds is 3. The molecular weight excluding hydrogens is 316 g/mol. The topological polar surface area (TPSA) is 101 Å². The van der Waals surface area contributed by atoms with E-state index in [1.807, 2.05) is 4.90 Å². The van der Waals surface area contributed by atoms with Crippen LogP contribution in [-0.4, -0.2) is 44.4 Å². The molecule has 128 valence electrons. The second kappa shape index (κ2) is 5.97. The molecule has 0 spiro atoms. The molecule has 25 heavy (non-hydrogen) atoms. The van der Waals surface area contributed by atoms with Gasteiger partial charge >= 0.3 is 0 Å². The molecule has 5 rings (SSSR count). The predicted molar refractivity (Wildman–Crippen MR) is 90.8 cm³/mol. The van der Waals surface area contributed by atoms with Gasteiger partial charge in [-0.15, -0.1) is 0 Å². The summed E-state index contributed by atoms with van der Waals surface area (Å²) in [6, 6.07) is 7.41. The molecule has 2 bridgehead atoms. The summed E-state index contributed by atoms with van der Waals surface area (Å²) in [4.78, 5) is 16.8. The molecule has 1 amide bonds. The maximum absolute atomic E-state index is 13.4. The van der Waals surface area contributed by atoms with Crippen LogP contribution in [0.3, 0.4) is 0 Å². The molecule has 1 aromatic heterocycles. The molecule has 2 saturated heterocycles. The van der Waals surface area contributed by atoms with Crippen LogP contribution in [0.2, 0.25) is 0 Å². The van der Waals surface area contributed by atoms with Crippen LogP contribution in [0.15, 0.2) is 30.6 Å². The fraction of sp³-hybridized carbons (Fsp3) is 0.444. The fourth-order valence-electron chi connectivity index (χ4n) is 4.20. The SMILES string of the molecule is C[C@@H]1C2CC(C2)N(C(=O)c2cc(C#N)ccc2-n2nccn2)C1CN. The fourth-order valence-corrected chi connectivity index (χ4v) is 4.20. The number of aromatic nitrogens is 3. The first kappa shape index (κ1) is 15.8. The van der Waals surface area contributed by atoms with E-state index in [-0.39, 0.29) is 18.0 Å². The van der Waals surface area contributed by atoms with E-state index in [1.165, 1.54) is 4.80 Å². The standard InChI is InChI=1S/C18H20N6O/c1-11-13-7-14(8-13)23(17(11)10-20)18(25)15-6-12(9-19)2-3-16(15)24-21-4-5-22-24/h2-6,11,13-14,17H,7-8,10,20H2,1H3/t11-,13?,14?,17?/m1/s1. The van der Waals surface area contributed by atoms with Crippen molar-refractivity contribution in [3.63, 3.8) is 0 Å². The molecule has 1 saturated carbocycles. The van der Waals surface area contributed by atoms with Crippen molar-refractivity contribution in [2.24, 2.45) is 17.6 Å². The number of nitrogens with zero attached hydrogens (tertiary/aromatic N) is 5. The second-order valence-electron chi connectivity index (χ2n) is 6.92. The van der Waals surface area contributed by atoms with Gasteiger partial charge in [-0.25, -0.2) is 0 Å². The van der Waals surface area contributed by atoms with Crippen LogP contribution in [0.5, 0.6) is 0 Å². The molecule has 1 unspecified atom stereocenters. The molecule has 3 aliphatic rings. The minimum absolute atomic E-state index is 0.0363. The first-order valence-corrected chi connectivity index (χ1v) is 8.57. The van der Waals surface area contributed by atoms with Gasteiger partial charge in [-0.2, -0.15) is 20.3 Å². The first-order valence-electron chi connectivity index (χ1n) is 8.57. The van der Waals surface area contributed by atoms with Crippen molar-refractivity contribution in [3.05, 3.63) is 41.7 Å². The summed E-state index contributed by atoms with van der Waals surface area (Å²) in [5, 5.41) is 17.5. The number of amides is 1. The van der Waals surface area contributed by atoms with Crippen LogP contribution < -0.4 is 5.73 Å². The molecule has 1 aromatic carbocycles. The highest BCUT2D eigenvalue weighted by Gasteiger charge is 2.50. The minimum atomic E-state index is -0.0881. The highest BCUT2D eigenvalue weighted by molar-refractivity contribution is 5.98. The number of fused-ring (bicyclic) bond motifs is 2. The molecule has 2 N–H and O–H groups in total. The number of piperidine rings is 2. The summed E-state index contributed by atoms with van der Waals surface area (Å²) in [5.41, 5.74) is 7.47. The minimum Gasteiger partial charge on any atom is -0.331 e. The second-order valence-corrected chi connectivity index (χ2v) is 6.92. The average molecular weight is 336 g/mol. The zero-order valence-corrected chi connectivity index (χ0v) is 14.0. The van der Waals surface area contributed by atoms with E-state index in [0.717, 1.165) is 12.8 Å². The van der Waals surface area contributed by atoms with Gasteiger partial charge in [-0.1, -0.05) is 6.92 Å². The molecule has 3 fully saturated rings. The van der Waals surface area contributed by atoms with Crippen molar-refractivity contribution in [3.8, 4) is 11.8 Å². The maximum Gasteiger partial charge on any atom is 0.256 e. The Labute approximate surface area is 146 Å². The smallest absolute Gasteiger partial charge is 0.256 e. The van der Waals surface area contributed by atoms with Crippen molar-refractivity contribution in [1.29, 1.82) is 5.26 Å². The Hall–Kier alpha value is -2.72. The van der Waals surface area contributed by atoms with Crippen LogP contribution >= 0.6 is 0 Å². The summed E-state index contributed by atoms with van der Waals surface area (Å²) in [6.45, 7) is 2.63. The molecule has 3 heterocycles. The predicted octanol–water partition coefficient (Wildman–Crippen LogP) is 1.34. The lowest BCUT2D eigenvalue weighted by Gasteiger charge is -2.57. The van der Waals surface area contributed by atoms with E-state index < -0.39 is 0 Å². The van der Waals surface area contributed by atoms with E-state index >= 15 is 0 Å². The van der Waals surface area contributed by atoms with Crippen molar-refractivity contribution in [1.82, 2.24) is 19.9 Å². The highest BCUT2D eigenvalue weighted by Crippen LogP contribution is 2.46.